The molecule has 2 aromatic rings. The van der Waals surface area contributed by atoms with Crippen LogP contribution in [0, 0.1) is 0 Å². The molecule has 0 amide bonds. The molecule has 1 aliphatic rings. The lowest BCUT2D eigenvalue weighted by Gasteiger charge is -2.36. The minimum absolute atomic E-state index is 0.212. The summed E-state index contributed by atoms with van der Waals surface area (Å²) in [6.45, 7) is 8.10. The van der Waals surface area contributed by atoms with Crippen LogP contribution in [-0.2, 0) is 6.54 Å². The van der Waals surface area contributed by atoms with Crippen LogP contribution in [0.3, 0.4) is 0 Å². The normalized spacial score (nSPS) is 19.0. The molecule has 0 aliphatic carbocycles. The number of hydrogen-bond donors (Lipinski definition) is 1. The van der Waals surface area contributed by atoms with Gasteiger partial charge in [0.05, 0.1) is 6.10 Å². The van der Waals surface area contributed by atoms with Gasteiger partial charge in [-0.2, -0.15) is 0 Å². The van der Waals surface area contributed by atoms with E-state index >= 15 is 0 Å². The van der Waals surface area contributed by atoms with E-state index in [1.807, 2.05) is 32.3 Å². The summed E-state index contributed by atoms with van der Waals surface area (Å²) in [6, 6.07) is 13.0. The van der Waals surface area contributed by atoms with E-state index in [1.54, 1.807) is 0 Å². The molecule has 0 saturated carbocycles. The largest absolute Gasteiger partial charge is 0.491 e. The van der Waals surface area contributed by atoms with Crippen molar-refractivity contribution in [2.75, 3.05) is 19.6 Å². The summed E-state index contributed by atoms with van der Waals surface area (Å²) in [5, 5.41) is 3.49. The van der Waals surface area contributed by atoms with Crippen LogP contribution < -0.4 is 10.1 Å². The lowest BCUT2D eigenvalue weighted by Crippen LogP contribution is -2.45. The van der Waals surface area contributed by atoms with Crippen LogP contribution >= 0.6 is 0 Å². The van der Waals surface area contributed by atoms with Gasteiger partial charge < -0.3 is 10.1 Å². The minimum Gasteiger partial charge on any atom is -0.491 e. The molecule has 1 aliphatic heterocycles. The monoisotopic (exact) mass is 311 g/mol. The van der Waals surface area contributed by atoms with Crippen LogP contribution in [0.2, 0.25) is 0 Å². The summed E-state index contributed by atoms with van der Waals surface area (Å²) in [4.78, 5) is 6.79. The number of hydrogen-bond acceptors (Lipinski definition) is 4. The second kappa shape index (κ2) is 7.57. The summed E-state index contributed by atoms with van der Waals surface area (Å²) < 4.78 is 5.72. The first-order chi connectivity index (χ1) is 11.2. The zero-order valence-corrected chi connectivity index (χ0v) is 13.9. The van der Waals surface area contributed by atoms with Crippen LogP contribution in [0.4, 0.5) is 0 Å². The zero-order chi connectivity index (χ0) is 16.1. The molecular weight excluding hydrogens is 286 g/mol. The molecule has 1 aromatic heterocycles. The molecule has 1 fully saturated rings. The number of benzene rings is 1. The molecule has 1 unspecified atom stereocenters. The Labute approximate surface area is 138 Å². The van der Waals surface area contributed by atoms with E-state index in [9.17, 15) is 0 Å². The highest BCUT2D eigenvalue weighted by Crippen LogP contribution is 2.24. The van der Waals surface area contributed by atoms with Crippen molar-refractivity contribution in [1.29, 1.82) is 0 Å². The fourth-order valence-corrected chi connectivity index (χ4v) is 3.02. The van der Waals surface area contributed by atoms with E-state index in [0.717, 1.165) is 31.9 Å². The Bertz CT molecular complexity index is 598. The van der Waals surface area contributed by atoms with E-state index in [1.165, 1.54) is 11.1 Å². The summed E-state index contributed by atoms with van der Waals surface area (Å²) in [7, 11) is 0. The van der Waals surface area contributed by atoms with Gasteiger partial charge in [-0.3, -0.25) is 9.88 Å². The molecule has 0 radical (unpaired) electrons. The van der Waals surface area contributed by atoms with E-state index in [-0.39, 0.29) is 6.10 Å². The molecule has 1 saturated heterocycles. The number of nitrogens with one attached hydrogen (secondary N) is 1. The second-order valence-electron chi connectivity index (χ2n) is 6.29. The van der Waals surface area contributed by atoms with Gasteiger partial charge in [0.1, 0.15) is 5.75 Å². The maximum Gasteiger partial charge on any atom is 0.119 e. The van der Waals surface area contributed by atoms with E-state index in [4.69, 9.17) is 4.74 Å². The molecule has 122 valence electrons. The number of piperazine rings is 1. The average molecular weight is 311 g/mol. The van der Waals surface area contributed by atoms with Gasteiger partial charge in [-0.1, -0.05) is 18.2 Å². The lowest BCUT2D eigenvalue weighted by atomic mass is 10.0. The Hall–Kier alpha value is -1.91. The summed E-state index contributed by atoms with van der Waals surface area (Å²) in [5.74, 6) is 0.938. The molecule has 23 heavy (non-hydrogen) atoms. The van der Waals surface area contributed by atoms with Gasteiger partial charge in [0, 0.05) is 44.6 Å². The van der Waals surface area contributed by atoms with Gasteiger partial charge in [-0.25, -0.2) is 0 Å². The highest BCUT2D eigenvalue weighted by molar-refractivity contribution is 5.28. The number of pyridine rings is 1. The van der Waals surface area contributed by atoms with E-state index in [0.29, 0.717) is 6.04 Å². The van der Waals surface area contributed by atoms with Crippen molar-refractivity contribution in [2.24, 2.45) is 0 Å². The van der Waals surface area contributed by atoms with Gasteiger partial charge in [-0.15, -0.1) is 0 Å². The molecule has 4 heteroatoms. The van der Waals surface area contributed by atoms with Gasteiger partial charge in [0.2, 0.25) is 0 Å². The molecule has 0 bridgehead atoms. The third-order valence-corrected chi connectivity index (χ3v) is 4.10. The molecule has 0 spiro atoms. The molecule has 3 rings (SSSR count). The van der Waals surface area contributed by atoms with Crippen LogP contribution in [0.1, 0.15) is 31.0 Å². The Morgan fingerprint density at radius 3 is 2.78 bits per heavy atom. The maximum atomic E-state index is 5.72. The summed E-state index contributed by atoms with van der Waals surface area (Å²) in [6.07, 6.45) is 4.02. The lowest BCUT2D eigenvalue weighted by molar-refractivity contribution is 0.153. The smallest absolute Gasteiger partial charge is 0.119 e. The summed E-state index contributed by atoms with van der Waals surface area (Å²) >= 11 is 0. The van der Waals surface area contributed by atoms with Crippen molar-refractivity contribution in [3.05, 3.63) is 59.9 Å². The molecule has 1 N–H and O–H groups in total. The molecule has 1 aromatic carbocycles. The highest BCUT2D eigenvalue weighted by atomic mass is 16.5. The first-order valence-electron chi connectivity index (χ1n) is 8.32. The predicted molar refractivity (Wildman–Crippen MR) is 92.5 cm³/mol. The van der Waals surface area contributed by atoms with E-state index in [2.05, 4.69) is 45.5 Å². The number of ether oxygens (including phenoxy) is 1. The van der Waals surface area contributed by atoms with Crippen molar-refractivity contribution in [3.8, 4) is 5.75 Å². The second-order valence-corrected chi connectivity index (χ2v) is 6.29. The molecule has 1 atom stereocenters. The van der Waals surface area contributed by atoms with E-state index < -0.39 is 0 Å². The molecular formula is C19H25N3O. The van der Waals surface area contributed by atoms with Crippen LogP contribution in [0.5, 0.6) is 5.75 Å². The number of rotatable bonds is 5. The van der Waals surface area contributed by atoms with Crippen LogP contribution in [0.25, 0.3) is 0 Å². The highest BCUT2D eigenvalue weighted by Gasteiger charge is 2.23. The fourth-order valence-electron chi connectivity index (χ4n) is 3.02. The Balaban J connectivity index is 1.69. The average Bonchev–Trinajstić information content (AvgIpc) is 2.57. The molecule has 2 heterocycles. The van der Waals surface area contributed by atoms with Gasteiger partial charge in [0.25, 0.3) is 0 Å². The fraction of sp³-hybridized carbons (Fsp3) is 0.421. The topological polar surface area (TPSA) is 37.4 Å². The van der Waals surface area contributed by atoms with Crippen molar-refractivity contribution < 1.29 is 4.74 Å². The summed E-state index contributed by atoms with van der Waals surface area (Å²) in [5.41, 5.74) is 2.59. The third kappa shape index (κ3) is 4.30. The Kier molecular flexibility index (Phi) is 5.26. The van der Waals surface area contributed by atoms with Crippen molar-refractivity contribution in [1.82, 2.24) is 15.2 Å². The standard InChI is InChI=1S/C19H25N3O/c1-15(2)23-18-7-5-16(6-8-18)14-22-11-10-21-13-19(22)17-4-3-9-20-12-17/h3-9,12,15,19,21H,10-11,13-14H2,1-2H3. The van der Waals surface area contributed by atoms with Crippen molar-refractivity contribution in [3.63, 3.8) is 0 Å². The Morgan fingerprint density at radius 1 is 1.26 bits per heavy atom. The zero-order valence-electron chi connectivity index (χ0n) is 13.9. The Morgan fingerprint density at radius 2 is 2.09 bits per heavy atom. The molecule has 4 nitrogen and oxygen atoms in total. The predicted octanol–water partition coefficient (Wildman–Crippen LogP) is 3.02. The quantitative estimate of drug-likeness (QED) is 0.921. The van der Waals surface area contributed by atoms with Gasteiger partial charge in [0.15, 0.2) is 0 Å². The van der Waals surface area contributed by atoms with Crippen molar-refractivity contribution >= 4 is 0 Å². The van der Waals surface area contributed by atoms with Gasteiger partial charge >= 0.3 is 0 Å². The SMILES string of the molecule is CC(C)Oc1ccc(CN2CCNCC2c2cccnc2)cc1. The third-order valence-electron chi connectivity index (χ3n) is 4.10. The first kappa shape index (κ1) is 16.0. The van der Waals surface area contributed by atoms with Gasteiger partial charge in [-0.05, 0) is 43.2 Å². The first-order valence-corrected chi connectivity index (χ1v) is 8.32. The van der Waals surface area contributed by atoms with Crippen LogP contribution in [0.15, 0.2) is 48.8 Å². The number of nitrogens with zero attached hydrogens (tertiary/aromatic N) is 2. The van der Waals surface area contributed by atoms with Crippen molar-refractivity contribution in [2.45, 2.75) is 32.5 Å². The maximum absolute atomic E-state index is 5.72. The minimum atomic E-state index is 0.212. The van der Waals surface area contributed by atoms with Crippen LogP contribution in [-0.4, -0.2) is 35.6 Å². The number of aromatic nitrogens is 1.